The van der Waals surface area contributed by atoms with Crippen LogP contribution in [0.2, 0.25) is 0 Å². The zero-order valence-corrected chi connectivity index (χ0v) is 9.21. The van der Waals surface area contributed by atoms with Crippen molar-refractivity contribution < 1.29 is 14.8 Å². The van der Waals surface area contributed by atoms with E-state index in [0.717, 1.165) is 12.5 Å². The van der Waals surface area contributed by atoms with E-state index in [4.69, 9.17) is 5.11 Å². The van der Waals surface area contributed by atoms with Crippen LogP contribution in [0.25, 0.3) is 0 Å². The summed E-state index contributed by atoms with van der Waals surface area (Å²) in [6.45, 7) is 2.05. The number of hydrogen-bond acceptors (Lipinski definition) is 4. The van der Waals surface area contributed by atoms with Crippen molar-refractivity contribution in [3.05, 3.63) is 33.9 Å². The zero-order chi connectivity index (χ0) is 12.6. The number of nitro benzene ring substituents is 1. The van der Waals surface area contributed by atoms with Gasteiger partial charge in [-0.05, 0) is 24.5 Å². The molecule has 6 nitrogen and oxygen atoms in total. The van der Waals surface area contributed by atoms with Crippen LogP contribution in [0.3, 0.4) is 0 Å². The van der Waals surface area contributed by atoms with E-state index in [2.05, 4.69) is 12.2 Å². The number of carboxylic acids is 1. The molecule has 6 heteroatoms. The van der Waals surface area contributed by atoms with Crippen molar-refractivity contribution in [2.75, 3.05) is 5.32 Å². The number of hydrogen-bond donors (Lipinski definition) is 2. The molecule has 0 saturated heterocycles. The van der Waals surface area contributed by atoms with Gasteiger partial charge in [-0.2, -0.15) is 0 Å². The molecule has 17 heavy (non-hydrogen) atoms. The van der Waals surface area contributed by atoms with Gasteiger partial charge >= 0.3 is 5.97 Å². The third-order valence-corrected chi connectivity index (χ3v) is 2.89. The lowest BCUT2D eigenvalue weighted by Crippen LogP contribution is -2.07. The van der Waals surface area contributed by atoms with Crippen molar-refractivity contribution in [2.24, 2.45) is 5.92 Å². The summed E-state index contributed by atoms with van der Waals surface area (Å²) in [7, 11) is 0. The summed E-state index contributed by atoms with van der Waals surface area (Å²) in [4.78, 5) is 21.0. The fraction of sp³-hybridized carbons (Fsp3) is 0.364. The number of anilines is 1. The molecule has 2 N–H and O–H groups in total. The number of benzene rings is 1. The van der Waals surface area contributed by atoms with Gasteiger partial charge < -0.3 is 10.4 Å². The highest BCUT2D eigenvalue weighted by atomic mass is 16.6. The summed E-state index contributed by atoms with van der Waals surface area (Å²) >= 11 is 0. The van der Waals surface area contributed by atoms with Crippen LogP contribution in [-0.2, 0) is 0 Å². The summed E-state index contributed by atoms with van der Waals surface area (Å²) in [6.07, 6.45) is 0.984. The Labute approximate surface area is 97.4 Å². The van der Waals surface area contributed by atoms with Gasteiger partial charge in [0, 0.05) is 12.1 Å². The largest absolute Gasteiger partial charge is 0.478 e. The molecule has 0 aromatic heterocycles. The quantitative estimate of drug-likeness (QED) is 0.617. The third-order valence-electron chi connectivity index (χ3n) is 2.89. The second-order valence-electron chi connectivity index (χ2n) is 4.26. The number of aromatic carboxylic acids is 1. The standard InChI is InChI=1S/C11H12N2O4/c1-6-4-9(6)12-8-3-2-7(11(14)15)5-10(8)13(16)17/h2-3,5-6,9,12H,4H2,1H3,(H,14,15). The normalized spacial score (nSPS) is 21.9. The topological polar surface area (TPSA) is 92.5 Å². The lowest BCUT2D eigenvalue weighted by molar-refractivity contribution is -0.384. The fourth-order valence-electron chi connectivity index (χ4n) is 1.66. The molecule has 1 aliphatic rings. The minimum atomic E-state index is -1.17. The van der Waals surface area contributed by atoms with Crippen LogP contribution < -0.4 is 5.32 Å². The number of carbonyl (C=O) groups is 1. The van der Waals surface area contributed by atoms with Crippen LogP contribution in [0.5, 0.6) is 0 Å². The minimum Gasteiger partial charge on any atom is -0.478 e. The van der Waals surface area contributed by atoms with E-state index >= 15 is 0 Å². The monoisotopic (exact) mass is 236 g/mol. The third kappa shape index (κ3) is 2.35. The van der Waals surface area contributed by atoms with Crippen LogP contribution in [0.4, 0.5) is 11.4 Å². The van der Waals surface area contributed by atoms with Gasteiger partial charge in [0.2, 0.25) is 0 Å². The molecular formula is C11H12N2O4. The Morgan fingerprint density at radius 2 is 2.24 bits per heavy atom. The molecule has 0 bridgehead atoms. The average molecular weight is 236 g/mol. The fourth-order valence-corrected chi connectivity index (χ4v) is 1.66. The van der Waals surface area contributed by atoms with Gasteiger partial charge in [0.15, 0.2) is 0 Å². The van der Waals surface area contributed by atoms with Crippen molar-refractivity contribution in [1.82, 2.24) is 0 Å². The minimum absolute atomic E-state index is 0.0777. The van der Waals surface area contributed by atoms with Crippen molar-refractivity contribution in [3.8, 4) is 0 Å². The summed E-state index contributed by atoms with van der Waals surface area (Å²) in [5, 5.41) is 22.7. The molecular weight excluding hydrogens is 224 g/mol. The van der Waals surface area contributed by atoms with Crippen LogP contribution in [0.15, 0.2) is 18.2 Å². The first-order chi connectivity index (χ1) is 7.99. The first-order valence-corrected chi connectivity index (χ1v) is 5.27. The highest BCUT2D eigenvalue weighted by Gasteiger charge is 2.34. The Morgan fingerprint density at radius 1 is 1.59 bits per heavy atom. The van der Waals surface area contributed by atoms with Crippen LogP contribution in [-0.4, -0.2) is 22.0 Å². The maximum Gasteiger partial charge on any atom is 0.335 e. The van der Waals surface area contributed by atoms with E-state index in [1.54, 1.807) is 0 Å². The van der Waals surface area contributed by atoms with Gasteiger partial charge in [-0.25, -0.2) is 4.79 Å². The van der Waals surface area contributed by atoms with E-state index in [9.17, 15) is 14.9 Å². The lowest BCUT2D eigenvalue weighted by atomic mass is 10.1. The number of rotatable bonds is 4. The number of nitrogens with zero attached hydrogens (tertiary/aromatic N) is 1. The van der Waals surface area contributed by atoms with Crippen LogP contribution >= 0.6 is 0 Å². The Balaban J connectivity index is 2.31. The zero-order valence-electron chi connectivity index (χ0n) is 9.21. The Bertz CT molecular complexity index is 486. The van der Waals surface area contributed by atoms with Gasteiger partial charge in [0.05, 0.1) is 10.5 Å². The molecule has 0 heterocycles. The van der Waals surface area contributed by atoms with Crippen molar-refractivity contribution in [3.63, 3.8) is 0 Å². The number of nitro groups is 1. The summed E-state index contributed by atoms with van der Waals surface area (Å²) in [6, 6.07) is 4.15. The molecule has 1 fully saturated rings. The molecule has 0 spiro atoms. The van der Waals surface area contributed by atoms with Gasteiger partial charge in [-0.15, -0.1) is 0 Å². The van der Waals surface area contributed by atoms with Crippen molar-refractivity contribution in [2.45, 2.75) is 19.4 Å². The first-order valence-electron chi connectivity index (χ1n) is 5.27. The van der Waals surface area contributed by atoms with E-state index in [1.807, 2.05) is 0 Å². The van der Waals surface area contributed by atoms with Crippen LogP contribution in [0, 0.1) is 16.0 Å². The summed E-state index contributed by atoms with van der Waals surface area (Å²) in [5.74, 6) is -0.659. The number of nitrogens with one attached hydrogen (secondary N) is 1. The van der Waals surface area contributed by atoms with Crippen molar-refractivity contribution >= 4 is 17.3 Å². The van der Waals surface area contributed by atoms with E-state index in [0.29, 0.717) is 11.6 Å². The molecule has 1 aromatic rings. The second-order valence-corrected chi connectivity index (χ2v) is 4.26. The molecule has 0 radical (unpaired) electrons. The maximum atomic E-state index is 10.9. The molecule has 1 aliphatic carbocycles. The Hall–Kier alpha value is -2.11. The lowest BCUT2D eigenvalue weighted by Gasteiger charge is -2.06. The molecule has 0 amide bonds. The molecule has 2 unspecified atom stereocenters. The highest BCUT2D eigenvalue weighted by Crippen LogP contribution is 2.35. The number of carboxylic acid groups (broad SMARTS) is 1. The molecule has 2 rings (SSSR count). The van der Waals surface area contributed by atoms with Gasteiger partial charge in [0.1, 0.15) is 5.69 Å². The van der Waals surface area contributed by atoms with Gasteiger partial charge in [-0.1, -0.05) is 6.92 Å². The van der Waals surface area contributed by atoms with E-state index in [1.165, 1.54) is 12.1 Å². The Kier molecular flexibility index (Phi) is 2.71. The maximum absolute atomic E-state index is 10.9. The molecule has 90 valence electrons. The smallest absolute Gasteiger partial charge is 0.335 e. The first kappa shape index (κ1) is 11.4. The molecule has 0 aliphatic heterocycles. The molecule has 1 aromatic carbocycles. The SMILES string of the molecule is CC1CC1Nc1ccc(C(=O)O)cc1[N+](=O)[O-]. The Morgan fingerprint density at radius 3 is 2.71 bits per heavy atom. The second kappa shape index (κ2) is 4.04. The van der Waals surface area contributed by atoms with Gasteiger partial charge in [-0.3, -0.25) is 10.1 Å². The average Bonchev–Trinajstić information content (AvgIpc) is 2.94. The van der Waals surface area contributed by atoms with Gasteiger partial charge in [0.25, 0.3) is 5.69 Å². The summed E-state index contributed by atoms with van der Waals surface area (Å²) in [5.41, 5.74) is 0.115. The van der Waals surface area contributed by atoms with E-state index in [-0.39, 0.29) is 17.3 Å². The predicted molar refractivity (Wildman–Crippen MR) is 61.2 cm³/mol. The molecule has 2 atom stereocenters. The van der Waals surface area contributed by atoms with E-state index < -0.39 is 10.9 Å². The highest BCUT2D eigenvalue weighted by molar-refractivity contribution is 5.89. The van der Waals surface area contributed by atoms with Crippen molar-refractivity contribution in [1.29, 1.82) is 0 Å². The van der Waals surface area contributed by atoms with Crippen LogP contribution in [0.1, 0.15) is 23.7 Å². The predicted octanol–water partition coefficient (Wildman–Crippen LogP) is 2.11. The summed E-state index contributed by atoms with van der Waals surface area (Å²) < 4.78 is 0. The molecule has 1 saturated carbocycles.